The van der Waals surface area contributed by atoms with Crippen LogP contribution in [0.5, 0.6) is 0 Å². The van der Waals surface area contributed by atoms with Gasteiger partial charge in [0.25, 0.3) is 5.56 Å². The van der Waals surface area contributed by atoms with Gasteiger partial charge in [-0.15, -0.1) is 11.3 Å². The first-order valence-electron chi connectivity index (χ1n) is 8.00. The summed E-state index contributed by atoms with van der Waals surface area (Å²) in [5.41, 5.74) is 1.53. The van der Waals surface area contributed by atoms with E-state index in [-0.39, 0.29) is 18.7 Å². The van der Waals surface area contributed by atoms with Gasteiger partial charge in [-0.1, -0.05) is 11.6 Å². The van der Waals surface area contributed by atoms with Crippen LogP contribution in [0.15, 0.2) is 40.8 Å². The van der Waals surface area contributed by atoms with E-state index >= 15 is 0 Å². The lowest BCUT2D eigenvalue weighted by atomic mass is 10.2. The van der Waals surface area contributed by atoms with Gasteiger partial charge in [0.2, 0.25) is 5.91 Å². The highest BCUT2D eigenvalue weighted by Gasteiger charge is 2.16. The molecule has 1 aromatic carbocycles. The average molecular weight is 371 g/mol. The maximum Gasteiger partial charge on any atom is 0.341 e. The maximum atomic E-state index is 12.6. The summed E-state index contributed by atoms with van der Waals surface area (Å²) in [6.07, 6.45) is 1.35. The number of benzene rings is 1. The number of aromatic nitrogens is 2. The number of rotatable bonds is 5. The fraction of sp³-hybridized carbons (Fsp3) is 0.222. The minimum Gasteiger partial charge on any atom is -0.462 e. The first-order chi connectivity index (χ1) is 12.5. The van der Waals surface area contributed by atoms with Crippen molar-refractivity contribution in [2.75, 3.05) is 11.9 Å². The third-order valence-electron chi connectivity index (χ3n) is 3.71. The SMILES string of the molecule is CCOC(=O)c1ccsc1NC(=O)Cn1cnc2ccc(C)cc2c1=O. The number of amides is 1. The largest absolute Gasteiger partial charge is 0.462 e. The Morgan fingerprint density at radius 1 is 1.31 bits per heavy atom. The molecular weight excluding hydrogens is 354 g/mol. The van der Waals surface area contributed by atoms with Crippen molar-refractivity contribution in [1.29, 1.82) is 0 Å². The zero-order valence-corrected chi connectivity index (χ0v) is 15.1. The number of hydrogen-bond acceptors (Lipinski definition) is 6. The molecule has 0 aliphatic rings. The van der Waals surface area contributed by atoms with E-state index in [1.807, 2.05) is 13.0 Å². The smallest absolute Gasteiger partial charge is 0.341 e. The molecule has 1 amide bonds. The minimum absolute atomic E-state index is 0.199. The van der Waals surface area contributed by atoms with Crippen LogP contribution in [0, 0.1) is 6.92 Å². The number of hydrogen-bond donors (Lipinski definition) is 1. The molecule has 2 heterocycles. The molecule has 0 aliphatic carbocycles. The summed E-state index contributed by atoms with van der Waals surface area (Å²) in [6, 6.07) is 6.98. The number of anilines is 1. The van der Waals surface area contributed by atoms with Crippen LogP contribution in [0.3, 0.4) is 0 Å². The lowest BCUT2D eigenvalue weighted by Gasteiger charge is -2.08. The van der Waals surface area contributed by atoms with E-state index in [0.717, 1.165) is 5.56 Å². The van der Waals surface area contributed by atoms with Crippen LogP contribution >= 0.6 is 11.3 Å². The van der Waals surface area contributed by atoms with Crippen LogP contribution in [0.2, 0.25) is 0 Å². The molecular formula is C18H17N3O4S. The summed E-state index contributed by atoms with van der Waals surface area (Å²) in [5.74, 6) is -0.919. The fourth-order valence-corrected chi connectivity index (χ4v) is 3.27. The molecule has 0 bridgehead atoms. The van der Waals surface area contributed by atoms with E-state index in [1.165, 1.54) is 22.2 Å². The molecule has 3 aromatic rings. The number of fused-ring (bicyclic) bond motifs is 1. The van der Waals surface area contributed by atoms with E-state index in [4.69, 9.17) is 4.74 Å². The number of carbonyl (C=O) groups excluding carboxylic acids is 2. The Labute approximate surface area is 153 Å². The van der Waals surface area contributed by atoms with Crippen LogP contribution in [0.25, 0.3) is 10.9 Å². The molecule has 0 unspecified atom stereocenters. The predicted octanol–water partition coefficient (Wildman–Crippen LogP) is 2.58. The highest BCUT2D eigenvalue weighted by Crippen LogP contribution is 2.24. The molecule has 3 rings (SSSR count). The van der Waals surface area contributed by atoms with E-state index in [9.17, 15) is 14.4 Å². The molecule has 0 saturated heterocycles. The first kappa shape index (κ1) is 17.8. The number of carbonyl (C=O) groups is 2. The van der Waals surface area contributed by atoms with Crippen LogP contribution in [-0.2, 0) is 16.1 Å². The summed E-state index contributed by atoms with van der Waals surface area (Å²) < 4.78 is 6.20. The second-order valence-corrected chi connectivity index (χ2v) is 6.55. The zero-order chi connectivity index (χ0) is 18.7. The summed E-state index contributed by atoms with van der Waals surface area (Å²) in [7, 11) is 0. The monoisotopic (exact) mass is 371 g/mol. The van der Waals surface area contributed by atoms with Crippen molar-refractivity contribution in [1.82, 2.24) is 9.55 Å². The number of nitrogens with one attached hydrogen (secondary N) is 1. The molecule has 0 saturated carbocycles. The molecule has 134 valence electrons. The van der Waals surface area contributed by atoms with Crippen LogP contribution in [0.4, 0.5) is 5.00 Å². The second-order valence-electron chi connectivity index (χ2n) is 5.63. The average Bonchev–Trinajstić information content (AvgIpc) is 3.06. The molecule has 26 heavy (non-hydrogen) atoms. The molecule has 0 spiro atoms. The van der Waals surface area contributed by atoms with Crippen molar-refractivity contribution in [3.05, 3.63) is 57.5 Å². The molecule has 8 heteroatoms. The highest BCUT2D eigenvalue weighted by molar-refractivity contribution is 7.14. The van der Waals surface area contributed by atoms with Crippen LogP contribution in [-0.4, -0.2) is 28.0 Å². The van der Waals surface area contributed by atoms with E-state index in [2.05, 4.69) is 10.3 Å². The van der Waals surface area contributed by atoms with Crippen molar-refractivity contribution in [2.45, 2.75) is 20.4 Å². The van der Waals surface area contributed by atoms with Crippen molar-refractivity contribution < 1.29 is 14.3 Å². The minimum atomic E-state index is -0.496. The number of esters is 1. The maximum absolute atomic E-state index is 12.6. The number of aryl methyl sites for hydroxylation is 1. The molecule has 0 atom stereocenters. The third kappa shape index (κ3) is 3.65. The van der Waals surface area contributed by atoms with Crippen molar-refractivity contribution in [3.63, 3.8) is 0 Å². The van der Waals surface area contributed by atoms with Crippen LogP contribution in [0.1, 0.15) is 22.8 Å². The topological polar surface area (TPSA) is 90.3 Å². The van der Waals surface area contributed by atoms with Gasteiger partial charge >= 0.3 is 5.97 Å². The lowest BCUT2D eigenvalue weighted by Crippen LogP contribution is -2.28. The van der Waals surface area contributed by atoms with E-state index in [0.29, 0.717) is 21.5 Å². The van der Waals surface area contributed by atoms with E-state index < -0.39 is 11.9 Å². The van der Waals surface area contributed by atoms with Crippen LogP contribution < -0.4 is 10.9 Å². The highest BCUT2D eigenvalue weighted by atomic mass is 32.1. The Kier molecular flexibility index (Phi) is 5.13. The molecule has 0 aliphatic heterocycles. The van der Waals surface area contributed by atoms with Crippen molar-refractivity contribution >= 4 is 39.1 Å². The molecule has 0 fully saturated rings. The lowest BCUT2D eigenvalue weighted by molar-refractivity contribution is -0.116. The van der Waals surface area contributed by atoms with Gasteiger partial charge in [0.05, 0.1) is 29.4 Å². The number of ether oxygens (including phenoxy) is 1. The Balaban J connectivity index is 1.80. The molecule has 2 aromatic heterocycles. The molecule has 1 N–H and O–H groups in total. The van der Waals surface area contributed by atoms with Gasteiger partial charge in [-0.2, -0.15) is 0 Å². The van der Waals surface area contributed by atoms with Gasteiger partial charge in [0, 0.05) is 0 Å². The molecule has 7 nitrogen and oxygen atoms in total. The summed E-state index contributed by atoms with van der Waals surface area (Å²) in [6.45, 7) is 3.65. The van der Waals surface area contributed by atoms with Gasteiger partial charge in [-0.25, -0.2) is 9.78 Å². The van der Waals surface area contributed by atoms with Gasteiger partial charge < -0.3 is 10.1 Å². The van der Waals surface area contributed by atoms with Gasteiger partial charge in [0.1, 0.15) is 11.5 Å². The fourth-order valence-electron chi connectivity index (χ4n) is 2.48. The third-order valence-corrected chi connectivity index (χ3v) is 4.54. The normalized spacial score (nSPS) is 10.7. The number of thiophene rings is 1. The Hall–Kier alpha value is -3.00. The van der Waals surface area contributed by atoms with Crippen molar-refractivity contribution in [3.8, 4) is 0 Å². The van der Waals surface area contributed by atoms with Crippen molar-refractivity contribution in [2.24, 2.45) is 0 Å². The van der Waals surface area contributed by atoms with E-state index in [1.54, 1.807) is 30.5 Å². The quantitative estimate of drug-likeness (QED) is 0.696. The van der Waals surface area contributed by atoms with Gasteiger partial charge in [0.15, 0.2) is 0 Å². The Bertz CT molecular complexity index is 1040. The van der Waals surface area contributed by atoms with Gasteiger partial charge in [-0.3, -0.25) is 14.2 Å². The van der Waals surface area contributed by atoms with Gasteiger partial charge in [-0.05, 0) is 37.4 Å². The molecule has 0 radical (unpaired) electrons. The summed E-state index contributed by atoms with van der Waals surface area (Å²) >= 11 is 1.22. The Morgan fingerprint density at radius 2 is 2.12 bits per heavy atom. The first-order valence-corrected chi connectivity index (χ1v) is 8.88. The second kappa shape index (κ2) is 7.49. The zero-order valence-electron chi connectivity index (χ0n) is 14.3. The standard InChI is InChI=1S/C18H17N3O4S/c1-3-25-18(24)12-6-7-26-16(12)20-15(22)9-21-10-19-14-5-4-11(2)8-13(14)17(21)23/h4-8,10H,3,9H2,1-2H3,(H,20,22). The Morgan fingerprint density at radius 3 is 2.88 bits per heavy atom. The number of nitrogens with zero attached hydrogens (tertiary/aromatic N) is 2. The summed E-state index contributed by atoms with van der Waals surface area (Å²) in [4.78, 5) is 41.0. The summed E-state index contributed by atoms with van der Waals surface area (Å²) in [5, 5.41) is 5.20. The predicted molar refractivity (Wildman–Crippen MR) is 99.6 cm³/mol.